The lowest BCUT2D eigenvalue weighted by Gasteiger charge is -2.22. The molecule has 2 rings (SSSR count). The molecule has 1 aromatic heterocycles. The van der Waals surface area contributed by atoms with Crippen LogP contribution < -0.4 is 4.90 Å². The molecule has 0 saturated heterocycles. The highest BCUT2D eigenvalue weighted by Crippen LogP contribution is 2.35. The van der Waals surface area contributed by atoms with E-state index in [0.717, 1.165) is 5.92 Å². The molecule has 1 aliphatic carbocycles. The lowest BCUT2D eigenvalue weighted by Crippen LogP contribution is -2.30. The quantitative estimate of drug-likeness (QED) is 0.790. The molecule has 14 heavy (non-hydrogen) atoms. The van der Waals surface area contributed by atoms with Gasteiger partial charge in [0.05, 0.1) is 6.61 Å². The van der Waals surface area contributed by atoms with Crippen LogP contribution in [-0.2, 0) is 6.61 Å². The van der Waals surface area contributed by atoms with Crippen molar-refractivity contribution in [2.45, 2.75) is 32.4 Å². The Morgan fingerprint density at radius 2 is 2.43 bits per heavy atom. The number of nitrogens with zero attached hydrogens (tertiary/aromatic N) is 2. The van der Waals surface area contributed by atoms with E-state index < -0.39 is 0 Å². The summed E-state index contributed by atoms with van der Waals surface area (Å²) in [6.07, 6.45) is 4.11. The maximum Gasteiger partial charge on any atom is 0.297 e. The Balaban J connectivity index is 2.05. The molecule has 0 amide bonds. The molecule has 1 heterocycles. The number of rotatable bonds is 4. The van der Waals surface area contributed by atoms with Crippen molar-refractivity contribution in [2.75, 3.05) is 11.9 Å². The van der Waals surface area contributed by atoms with Crippen LogP contribution in [0.4, 0.5) is 6.01 Å². The van der Waals surface area contributed by atoms with Gasteiger partial charge in [0.2, 0.25) is 0 Å². The average Bonchev–Trinajstić information content (AvgIpc) is 2.94. The molecule has 1 saturated carbocycles. The molecular weight excluding hydrogens is 180 g/mol. The smallest absolute Gasteiger partial charge is 0.297 e. The first-order valence-electron chi connectivity index (χ1n) is 5.00. The van der Waals surface area contributed by atoms with E-state index in [1.807, 2.05) is 11.9 Å². The van der Waals surface area contributed by atoms with Crippen molar-refractivity contribution >= 4 is 6.01 Å². The molecule has 4 nitrogen and oxygen atoms in total. The number of anilines is 1. The lowest BCUT2D eigenvalue weighted by molar-refractivity contribution is 0.276. The Morgan fingerprint density at radius 3 is 2.93 bits per heavy atom. The van der Waals surface area contributed by atoms with Gasteiger partial charge in [0.1, 0.15) is 12.0 Å². The van der Waals surface area contributed by atoms with Crippen LogP contribution in [0.15, 0.2) is 10.7 Å². The van der Waals surface area contributed by atoms with Gasteiger partial charge in [-0.3, -0.25) is 0 Å². The SMILES string of the molecule is CC(C1CC1)N(C)c1nc(CO)co1. The zero-order valence-corrected chi connectivity index (χ0v) is 8.60. The van der Waals surface area contributed by atoms with E-state index in [1.165, 1.54) is 19.1 Å². The summed E-state index contributed by atoms with van der Waals surface area (Å²) in [4.78, 5) is 6.21. The number of aromatic nitrogens is 1. The van der Waals surface area contributed by atoms with Crippen LogP contribution in [0.1, 0.15) is 25.5 Å². The molecule has 0 radical (unpaired) electrons. The van der Waals surface area contributed by atoms with Gasteiger partial charge in [-0.05, 0) is 25.7 Å². The van der Waals surface area contributed by atoms with Gasteiger partial charge in [0.25, 0.3) is 6.01 Å². The molecule has 1 unspecified atom stereocenters. The van der Waals surface area contributed by atoms with Gasteiger partial charge in [-0.2, -0.15) is 4.98 Å². The minimum absolute atomic E-state index is 0.0604. The summed E-state index contributed by atoms with van der Waals surface area (Å²) < 4.78 is 5.27. The zero-order chi connectivity index (χ0) is 10.1. The van der Waals surface area contributed by atoms with Gasteiger partial charge in [-0.15, -0.1) is 0 Å². The highest BCUT2D eigenvalue weighted by Gasteiger charge is 2.32. The second-order valence-corrected chi connectivity index (χ2v) is 3.97. The second-order valence-electron chi connectivity index (χ2n) is 3.97. The number of hydrogen-bond donors (Lipinski definition) is 1. The molecule has 1 N–H and O–H groups in total. The topological polar surface area (TPSA) is 49.5 Å². The highest BCUT2D eigenvalue weighted by atomic mass is 16.4. The van der Waals surface area contributed by atoms with Crippen molar-refractivity contribution in [1.29, 1.82) is 0 Å². The molecule has 78 valence electrons. The van der Waals surface area contributed by atoms with Gasteiger partial charge in [0, 0.05) is 13.1 Å². The number of oxazole rings is 1. The van der Waals surface area contributed by atoms with Crippen molar-refractivity contribution in [3.63, 3.8) is 0 Å². The monoisotopic (exact) mass is 196 g/mol. The van der Waals surface area contributed by atoms with Crippen LogP contribution >= 0.6 is 0 Å². The summed E-state index contributed by atoms with van der Waals surface area (Å²) in [5.74, 6) is 0.782. The first-order valence-corrected chi connectivity index (χ1v) is 5.00. The Morgan fingerprint density at radius 1 is 1.71 bits per heavy atom. The van der Waals surface area contributed by atoms with Gasteiger partial charge < -0.3 is 14.4 Å². The van der Waals surface area contributed by atoms with Crippen LogP contribution in [0, 0.1) is 5.92 Å². The van der Waals surface area contributed by atoms with Gasteiger partial charge in [-0.25, -0.2) is 0 Å². The largest absolute Gasteiger partial charge is 0.432 e. The molecule has 0 bridgehead atoms. The molecule has 1 aliphatic rings. The number of aliphatic hydroxyl groups excluding tert-OH is 1. The third kappa shape index (κ3) is 1.75. The van der Waals surface area contributed by atoms with Crippen LogP contribution in [0.25, 0.3) is 0 Å². The van der Waals surface area contributed by atoms with Gasteiger partial charge in [-0.1, -0.05) is 0 Å². The molecular formula is C10H16N2O2. The van der Waals surface area contributed by atoms with Gasteiger partial charge in [0.15, 0.2) is 0 Å². The second kappa shape index (κ2) is 3.61. The summed E-state index contributed by atoms with van der Waals surface area (Å²) in [5, 5.41) is 8.85. The fourth-order valence-electron chi connectivity index (χ4n) is 1.60. The minimum atomic E-state index is -0.0604. The highest BCUT2D eigenvalue weighted by molar-refractivity contribution is 5.28. The Kier molecular flexibility index (Phi) is 2.46. The van der Waals surface area contributed by atoms with E-state index in [2.05, 4.69) is 11.9 Å². The van der Waals surface area contributed by atoms with Crippen molar-refractivity contribution in [3.05, 3.63) is 12.0 Å². The molecule has 4 heteroatoms. The number of aliphatic hydroxyl groups is 1. The van der Waals surface area contributed by atoms with Crippen molar-refractivity contribution in [2.24, 2.45) is 5.92 Å². The Hall–Kier alpha value is -1.03. The van der Waals surface area contributed by atoms with E-state index in [-0.39, 0.29) is 6.61 Å². The summed E-state index contributed by atoms with van der Waals surface area (Å²) >= 11 is 0. The fraction of sp³-hybridized carbons (Fsp3) is 0.700. The van der Waals surface area contributed by atoms with E-state index in [0.29, 0.717) is 17.8 Å². The van der Waals surface area contributed by atoms with Gasteiger partial charge >= 0.3 is 0 Å². The molecule has 0 aromatic carbocycles. The first kappa shape index (κ1) is 9.52. The molecule has 1 aromatic rings. The standard InChI is InChI=1S/C10H16N2O2/c1-7(8-3-4-8)12(2)10-11-9(5-13)6-14-10/h6-8,13H,3-5H2,1-2H3. The summed E-state index contributed by atoms with van der Waals surface area (Å²) in [6, 6.07) is 1.08. The van der Waals surface area contributed by atoms with Crippen LogP contribution in [0.3, 0.4) is 0 Å². The predicted molar refractivity (Wildman–Crippen MR) is 53.0 cm³/mol. The predicted octanol–water partition coefficient (Wildman–Crippen LogP) is 1.40. The van der Waals surface area contributed by atoms with Crippen LogP contribution in [-0.4, -0.2) is 23.2 Å². The lowest BCUT2D eigenvalue weighted by atomic mass is 10.2. The maximum absolute atomic E-state index is 8.85. The summed E-state index contributed by atoms with van der Waals surface area (Å²) in [7, 11) is 1.98. The van der Waals surface area contributed by atoms with E-state index in [1.54, 1.807) is 0 Å². The third-order valence-corrected chi connectivity index (χ3v) is 2.92. The molecule has 0 spiro atoms. The Labute approximate surface area is 83.5 Å². The fourth-order valence-corrected chi connectivity index (χ4v) is 1.60. The van der Waals surface area contributed by atoms with E-state index in [9.17, 15) is 0 Å². The molecule has 1 atom stereocenters. The first-order chi connectivity index (χ1) is 6.72. The third-order valence-electron chi connectivity index (χ3n) is 2.92. The molecule has 1 fully saturated rings. The zero-order valence-electron chi connectivity index (χ0n) is 8.60. The molecule has 0 aliphatic heterocycles. The summed E-state index contributed by atoms with van der Waals surface area (Å²) in [5.41, 5.74) is 0.592. The summed E-state index contributed by atoms with van der Waals surface area (Å²) in [6.45, 7) is 2.12. The van der Waals surface area contributed by atoms with Crippen LogP contribution in [0.2, 0.25) is 0 Å². The number of hydrogen-bond acceptors (Lipinski definition) is 4. The normalized spacial score (nSPS) is 18.2. The van der Waals surface area contributed by atoms with E-state index >= 15 is 0 Å². The van der Waals surface area contributed by atoms with E-state index in [4.69, 9.17) is 9.52 Å². The van der Waals surface area contributed by atoms with Crippen molar-refractivity contribution in [3.8, 4) is 0 Å². The van der Waals surface area contributed by atoms with Crippen molar-refractivity contribution in [1.82, 2.24) is 4.98 Å². The maximum atomic E-state index is 8.85. The van der Waals surface area contributed by atoms with Crippen LogP contribution in [0.5, 0.6) is 0 Å². The average molecular weight is 196 g/mol. The minimum Gasteiger partial charge on any atom is -0.432 e. The Bertz CT molecular complexity index is 307. The van der Waals surface area contributed by atoms with Crippen molar-refractivity contribution < 1.29 is 9.52 Å².